The van der Waals surface area contributed by atoms with Crippen LogP contribution in [0.5, 0.6) is 0 Å². The van der Waals surface area contributed by atoms with E-state index >= 15 is 0 Å². The summed E-state index contributed by atoms with van der Waals surface area (Å²) in [5, 5.41) is 0. The summed E-state index contributed by atoms with van der Waals surface area (Å²) < 4.78 is 8.30. The van der Waals surface area contributed by atoms with Crippen LogP contribution < -0.4 is 4.90 Å². The summed E-state index contributed by atoms with van der Waals surface area (Å²) in [6, 6.07) is 15.0. The number of unbranched alkanes of at least 4 members (excludes halogenated alkanes) is 2. The van der Waals surface area contributed by atoms with Crippen molar-refractivity contribution in [2.75, 3.05) is 18.1 Å². The van der Waals surface area contributed by atoms with Crippen molar-refractivity contribution in [3.05, 3.63) is 58.6 Å². The summed E-state index contributed by atoms with van der Waals surface area (Å²) in [5.41, 5.74) is 2.55. The van der Waals surface area contributed by atoms with Crippen molar-refractivity contribution in [3.63, 3.8) is 0 Å². The molecule has 0 spiro atoms. The number of fused-ring (bicyclic) bond motifs is 3. The van der Waals surface area contributed by atoms with E-state index < -0.39 is 17.9 Å². The molecule has 3 aromatic rings. The lowest BCUT2D eigenvalue weighted by Crippen LogP contribution is -2.50. The smallest absolute Gasteiger partial charge is 0.321 e. The number of ether oxygens (including phenoxy) is 1. The minimum absolute atomic E-state index is 0.223. The number of hydrogen-bond acceptors (Lipinski definition) is 4. The molecular weight excluding hydrogens is 458 g/mol. The number of nitrogens with zero attached hydrogens (tertiary/aromatic N) is 3. The molecule has 4 rings (SSSR count). The molecule has 31 heavy (non-hydrogen) atoms. The number of hydrogen-bond donors (Lipinski definition) is 0. The third-order valence-electron chi connectivity index (χ3n) is 5.66. The average molecular weight is 484 g/mol. The molecule has 0 aliphatic carbocycles. The Hall–Kier alpha value is -2.67. The van der Waals surface area contributed by atoms with Gasteiger partial charge >= 0.3 is 5.97 Å². The highest BCUT2D eigenvalue weighted by Gasteiger charge is 2.47. The second-order valence-electron chi connectivity index (χ2n) is 7.70. The van der Waals surface area contributed by atoms with Crippen LogP contribution in [0.1, 0.15) is 44.7 Å². The van der Waals surface area contributed by atoms with Crippen LogP contribution >= 0.6 is 15.9 Å². The van der Waals surface area contributed by atoms with Crippen molar-refractivity contribution in [1.82, 2.24) is 9.55 Å². The Morgan fingerprint density at radius 3 is 2.68 bits per heavy atom. The number of imidazole rings is 1. The maximum Gasteiger partial charge on any atom is 0.321 e. The molecule has 1 aliphatic rings. The monoisotopic (exact) mass is 483 g/mol. The van der Waals surface area contributed by atoms with Crippen LogP contribution in [0.3, 0.4) is 0 Å². The Labute approximate surface area is 190 Å². The first-order valence-corrected chi connectivity index (χ1v) is 11.6. The predicted octanol–water partition coefficient (Wildman–Crippen LogP) is 5.10. The van der Waals surface area contributed by atoms with E-state index in [1.807, 2.05) is 53.1 Å². The molecule has 2 heterocycles. The van der Waals surface area contributed by atoms with Gasteiger partial charge < -0.3 is 9.30 Å². The van der Waals surface area contributed by atoms with E-state index in [1.54, 1.807) is 11.8 Å². The van der Waals surface area contributed by atoms with Crippen molar-refractivity contribution in [3.8, 4) is 0 Å². The van der Waals surface area contributed by atoms with Gasteiger partial charge in [0.2, 0.25) is 11.9 Å². The molecular formula is C24H26BrN3O3. The van der Waals surface area contributed by atoms with Crippen LogP contribution in [0, 0.1) is 5.92 Å². The maximum absolute atomic E-state index is 13.7. The summed E-state index contributed by atoms with van der Waals surface area (Å²) in [4.78, 5) is 33.3. The highest BCUT2D eigenvalue weighted by Crippen LogP contribution is 2.41. The number of aromatic nitrogens is 2. The van der Waals surface area contributed by atoms with E-state index in [4.69, 9.17) is 9.72 Å². The fourth-order valence-electron chi connectivity index (χ4n) is 4.27. The van der Waals surface area contributed by atoms with Crippen LogP contribution in [0.25, 0.3) is 11.0 Å². The fourth-order valence-corrected chi connectivity index (χ4v) is 4.69. The molecule has 0 saturated heterocycles. The van der Waals surface area contributed by atoms with Gasteiger partial charge in [0.25, 0.3) is 0 Å². The van der Waals surface area contributed by atoms with E-state index in [0.29, 0.717) is 12.5 Å². The first-order valence-electron chi connectivity index (χ1n) is 10.8. The standard InChI is InChI=1S/C24H26BrN3O3/c1-3-5-8-14-27-22(29)20(23(30)31-4-2)21(16-10-9-11-17(25)15-16)28-19-13-7-6-12-18(19)26-24(27)28/h6-7,9-13,15,20-21H,3-5,8,14H2,1-2H3/t20-,21+/m0/s1. The zero-order valence-electron chi connectivity index (χ0n) is 17.8. The quantitative estimate of drug-likeness (QED) is 0.266. The number of esters is 1. The van der Waals surface area contributed by atoms with E-state index in [2.05, 4.69) is 22.9 Å². The van der Waals surface area contributed by atoms with Gasteiger partial charge in [-0.15, -0.1) is 0 Å². The summed E-state index contributed by atoms with van der Waals surface area (Å²) in [6.07, 6.45) is 2.89. The van der Waals surface area contributed by atoms with Crippen LogP contribution in [0.15, 0.2) is 53.0 Å². The minimum atomic E-state index is -0.971. The molecule has 1 aromatic heterocycles. The zero-order valence-corrected chi connectivity index (χ0v) is 19.3. The first kappa shape index (κ1) is 21.6. The van der Waals surface area contributed by atoms with Gasteiger partial charge in [0.15, 0.2) is 5.92 Å². The van der Waals surface area contributed by atoms with E-state index in [0.717, 1.165) is 40.3 Å². The summed E-state index contributed by atoms with van der Waals surface area (Å²) >= 11 is 3.53. The molecule has 0 radical (unpaired) electrons. The predicted molar refractivity (Wildman–Crippen MR) is 124 cm³/mol. The van der Waals surface area contributed by atoms with Crippen LogP contribution in [0.4, 0.5) is 5.95 Å². The van der Waals surface area contributed by atoms with E-state index in [9.17, 15) is 9.59 Å². The van der Waals surface area contributed by atoms with Gasteiger partial charge in [-0.1, -0.05) is 60.0 Å². The Morgan fingerprint density at radius 1 is 1.13 bits per heavy atom. The van der Waals surface area contributed by atoms with Gasteiger partial charge in [0, 0.05) is 11.0 Å². The normalized spacial score (nSPS) is 18.3. The number of amides is 1. The molecule has 0 unspecified atom stereocenters. The summed E-state index contributed by atoms with van der Waals surface area (Å²) in [5.74, 6) is -1.13. The van der Waals surface area contributed by atoms with Crippen LogP contribution in [-0.2, 0) is 14.3 Å². The Balaban J connectivity index is 1.94. The van der Waals surface area contributed by atoms with Crippen LogP contribution in [0.2, 0.25) is 0 Å². The molecule has 2 aromatic carbocycles. The van der Waals surface area contributed by atoms with Gasteiger partial charge in [-0.3, -0.25) is 14.5 Å². The molecule has 2 atom stereocenters. The number of halogens is 1. The number of para-hydroxylation sites is 2. The molecule has 0 bridgehead atoms. The molecule has 7 heteroatoms. The second-order valence-corrected chi connectivity index (χ2v) is 8.61. The molecule has 0 N–H and O–H groups in total. The van der Waals surface area contributed by atoms with Crippen molar-refractivity contribution >= 4 is 44.8 Å². The number of benzene rings is 2. The number of rotatable bonds is 7. The number of anilines is 1. The largest absolute Gasteiger partial charge is 0.465 e. The lowest BCUT2D eigenvalue weighted by molar-refractivity contribution is -0.153. The van der Waals surface area contributed by atoms with E-state index in [-0.39, 0.29) is 12.5 Å². The Morgan fingerprint density at radius 2 is 1.94 bits per heavy atom. The third-order valence-corrected chi connectivity index (χ3v) is 6.15. The van der Waals surface area contributed by atoms with Gasteiger partial charge in [0.05, 0.1) is 23.7 Å². The van der Waals surface area contributed by atoms with Gasteiger partial charge in [-0.05, 0) is 43.2 Å². The van der Waals surface area contributed by atoms with Crippen molar-refractivity contribution in [1.29, 1.82) is 0 Å². The summed E-state index contributed by atoms with van der Waals surface area (Å²) in [7, 11) is 0. The van der Waals surface area contributed by atoms with Crippen molar-refractivity contribution in [2.45, 2.75) is 39.2 Å². The van der Waals surface area contributed by atoms with Crippen molar-refractivity contribution in [2.24, 2.45) is 5.92 Å². The van der Waals surface area contributed by atoms with Gasteiger partial charge in [-0.2, -0.15) is 0 Å². The minimum Gasteiger partial charge on any atom is -0.465 e. The van der Waals surface area contributed by atoms with Crippen LogP contribution in [-0.4, -0.2) is 34.6 Å². The second kappa shape index (κ2) is 9.22. The van der Waals surface area contributed by atoms with Gasteiger partial charge in [0.1, 0.15) is 0 Å². The summed E-state index contributed by atoms with van der Waals surface area (Å²) in [6.45, 7) is 4.63. The van der Waals surface area contributed by atoms with E-state index in [1.165, 1.54) is 0 Å². The lowest BCUT2D eigenvalue weighted by atomic mass is 9.89. The van der Waals surface area contributed by atoms with Crippen molar-refractivity contribution < 1.29 is 14.3 Å². The molecule has 0 fully saturated rings. The average Bonchev–Trinajstić information content (AvgIpc) is 3.14. The maximum atomic E-state index is 13.7. The van der Waals surface area contributed by atoms with Gasteiger partial charge in [-0.25, -0.2) is 4.98 Å². The molecule has 6 nitrogen and oxygen atoms in total. The molecule has 162 valence electrons. The Kier molecular flexibility index (Phi) is 6.41. The molecule has 0 saturated carbocycles. The highest BCUT2D eigenvalue weighted by atomic mass is 79.9. The topological polar surface area (TPSA) is 64.4 Å². The molecule has 1 aliphatic heterocycles. The zero-order chi connectivity index (χ0) is 22.0. The molecule has 1 amide bonds. The fraction of sp³-hybridized carbons (Fsp3) is 0.375. The third kappa shape index (κ3) is 3.99. The highest BCUT2D eigenvalue weighted by molar-refractivity contribution is 9.10. The Bertz CT molecular complexity index is 1110. The number of carbonyl (C=O) groups excluding carboxylic acids is 2. The number of carbonyl (C=O) groups is 2. The SMILES string of the molecule is CCCCCN1C(=O)[C@@H](C(=O)OCC)[C@@H](c2cccc(Br)c2)n2c1nc1ccccc12. The first-order chi connectivity index (χ1) is 15.1. The lowest BCUT2D eigenvalue weighted by Gasteiger charge is -2.38.